The number of fused-ring (bicyclic) bond motifs is 2. The summed E-state index contributed by atoms with van der Waals surface area (Å²) in [5.41, 5.74) is 3.48. The number of rotatable bonds is 4. The SMILES string of the molecule is COc1ccc(C(=O)N2CCc3ccc(C(=O)Nc4ccc5c(c4)OCCO5)cc32)cc1. The van der Waals surface area contributed by atoms with Crippen LogP contribution in [0, 0.1) is 0 Å². The molecular formula is C25H22N2O5. The highest BCUT2D eigenvalue weighted by atomic mass is 16.6. The van der Waals surface area contributed by atoms with Crippen molar-refractivity contribution in [3.8, 4) is 17.2 Å². The van der Waals surface area contributed by atoms with E-state index in [4.69, 9.17) is 14.2 Å². The number of nitrogens with one attached hydrogen (secondary N) is 1. The number of carbonyl (C=O) groups excluding carboxylic acids is 2. The Balaban J connectivity index is 1.36. The summed E-state index contributed by atoms with van der Waals surface area (Å²) in [4.78, 5) is 27.7. The van der Waals surface area contributed by atoms with Crippen molar-refractivity contribution in [1.29, 1.82) is 0 Å². The van der Waals surface area contributed by atoms with E-state index in [1.54, 1.807) is 66.6 Å². The smallest absolute Gasteiger partial charge is 0.258 e. The highest BCUT2D eigenvalue weighted by Gasteiger charge is 2.27. The summed E-state index contributed by atoms with van der Waals surface area (Å²) in [6.07, 6.45) is 0.751. The predicted molar refractivity (Wildman–Crippen MR) is 120 cm³/mol. The highest BCUT2D eigenvalue weighted by molar-refractivity contribution is 6.09. The first kappa shape index (κ1) is 19.9. The van der Waals surface area contributed by atoms with Gasteiger partial charge in [-0.2, -0.15) is 0 Å². The number of hydrogen-bond donors (Lipinski definition) is 1. The quantitative estimate of drug-likeness (QED) is 0.679. The Morgan fingerprint density at radius 3 is 2.44 bits per heavy atom. The van der Waals surface area contributed by atoms with Gasteiger partial charge in [-0.3, -0.25) is 9.59 Å². The molecule has 162 valence electrons. The lowest BCUT2D eigenvalue weighted by Crippen LogP contribution is -2.29. The molecule has 2 heterocycles. The van der Waals surface area contributed by atoms with Crippen LogP contribution in [0.2, 0.25) is 0 Å². The summed E-state index contributed by atoms with van der Waals surface area (Å²) < 4.78 is 16.3. The lowest BCUT2D eigenvalue weighted by molar-refractivity contribution is 0.0986. The van der Waals surface area contributed by atoms with Crippen LogP contribution >= 0.6 is 0 Å². The number of benzene rings is 3. The van der Waals surface area contributed by atoms with Gasteiger partial charge in [0.15, 0.2) is 11.5 Å². The normalized spacial score (nSPS) is 14.0. The maximum Gasteiger partial charge on any atom is 0.258 e. The molecule has 0 aliphatic carbocycles. The van der Waals surface area contributed by atoms with Crippen LogP contribution in [0.5, 0.6) is 17.2 Å². The van der Waals surface area contributed by atoms with Crippen molar-refractivity contribution in [2.75, 3.05) is 37.1 Å². The van der Waals surface area contributed by atoms with Crippen molar-refractivity contribution in [3.05, 3.63) is 77.4 Å². The minimum absolute atomic E-state index is 0.101. The first-order chi connectivity index (χ1) is 15.6. The molecule has 0 saturated heterocycles. The summed E-state index contributed by atoms with van der Waals surface area (Å²) >= 11 is 0. The molecule has 0 atom stereocenters. The Morgan fingerprint density at radius 1 is 0.906 bits per heavy atom. The minimum Gasteiger partial charge on any atom is -0.497 e. The standard InChI is InChI=1S/C25H22N2O5/c1-30-20-7-4-17(5-8-20)25(29)27-11-10-16-2-3-18(14-21(16)27)24(28)26-19-6-9-22-23(15-19)32-13-12-31-22/h2-9,14-15H,10-13H2,1H3,(H,26,28). The van der Waals surface area contributed by atoms with Crippen LogP contribution in [0.1, 0.15) is 26.3 Å². The molecule has 7 nitrogen and oxygen atoms in total. The van der Waals surface area contributed by atoms with Crippen LogP contribution in [0.25, 0.3) is 0 Å². The molecule has 0 spiro atoms. The third-order valence-electron chi connectivity index (χ3n) is 5.63. The third kappa shape index (κ3) is 3.73. The van der Waals surface area contributed by atoms with Gasteiger partial charge in [0, 0.05) is 35.1 Å². The monoisotopic (exact) mass is 430 g/mol. The molecule has 1 N–H and O–H groups in total. The number of ether oxygens (including phenoxy) is 3. The Hall–Kier alpha value is -4.00. The van der Waals surface area contributed by atoms with Gasteiger partial charge in [-0.1, -0.05) is 6.07 Å². The van der Waals surface area contributed by atoms with E-state index in [0.717, 1.165) is 17.7 Å². The van der Waals surface area contributed by atoms with E-state index in [1.807, 2.05) is 6.07 Å². The molecule has 3 aromatic rings. The van der Waals surface area contributed by atoms with Gasteiger partial charge >= 0.3 is 0 Å². The number of hydrogen-bond acceptors (Lipinski definition) is 5. The first-order valence-electron chi connectivity index (χ1n) is 10.4. The van der Waals surface area contributed by atoms with Crippen molar-refractivity contribution in [1.82, 2.24) is 0 Å². The summed E-state index contributed by atoms with van der Waals surface area (Å²) in [5.74, 6) is 1.62. The van der Waals surface area contributed by atoms with Gasteiger partial charge in [0.05, 0.1) is 7.11 Å². The second-order valence-corrected chi connectivity index (χ2v) is 7.59. The summed E-state index contributed by atoms with van der Waals surface area (Å²) in [6.45, 7) is 1.57. The van der Waals surface area contributed by atoms with E-state index in [2.05, 4.69) is 5.32 Å². The highest BCUT2D eigenvalue weighted by Crippen LogP contribution is 2.34. The molecule has 0 unspecified atom stereocenters. The average Bonchev–Trinajstić information content (AvgIpc) is 3.27. The molecule has 0 radical (unpaired) electrons. The Kier molecular flexibility index (Phi) is 5.15. The first-order valence-corrected chi connectivity index (χ1v) is 10.4. The van der Waals surface area contributed by atoms with Gasteiger partial charge < -0.3 is 24.4 Å². The van der Waals surface area contributed by atoms with Gasteiger partial charge in [0.2, 0.25) is 0 Å². The molecule has 0 aromatic heterocycles. The fourth-order valence-corrected chi connectivity index (χ4v) is 3.95. The molecule has 7 heteroatoms. The van der Waals surface area contributed by atoms with Crippen LogP contribution < -0.4 is 24.4 Å². The number of carbonyl (C=O) groups is 2. The number of anilines is 2. The van der Waals surface area contributed by atoms with Gasteiger partial charge in [0.1, 0.15) is 19.0 Å². The largest absolute Gasteiger partial charge is 0.497 e. The molecule has 0 fully saturated rings. The van der Waals surface area contributed by atoms with Crippen LogP contribution in [-0.4, -0.2) is 38.7 Å². The summed E-state index contributed by atoms with van der Waals surface area (Å²) in [5, 5.41) is 2.90. The van der Waals surface area contributed by atoms with Gasteiger partial charge in [-0.05, 0) is 60.5 Å². The lowest BCUT2D eigenvalue weighted by atomic mass is 10.1. The summed E-state index contributed by atoms with van der Waals surface area (Å²) in [7, 11) is 1.59. The average molecular weight is 430 g/mol. The molecule has 5 rings (SSSR count). The maximum absolute atomic E-state index is 13.1. The van der Waals surface area contributed by atoms with Gasteiger partial charge in [-0.15, -0.1) is 0 Å². The van der Waals surface area contributed by atoms with Crippen molar-refractivity contribution in [2.24, 2.45) is 0 Å². The van der Waals surface area contributed by atoms with Crippen molar-refractivity contribution < 1.29 is 23.8 Å². The van der Waals surface area contributed by atoms with E-state index < -0.39 is 0 Å². The topological polar surface area (TPSA) is 77.1 Å². The van der Waals surface area contributed by atoms with E-state index in [9.17, 15) is 9.59 Å². The molecular weight excluding hydrogens is 408 g/mol. The van der Waals surface area contributed by atoms with Crippen LogP contribution in [0.3, 0.4) is 0 Å². The third-order valence-corrected chi connectivity index (χ3v) is 5.63. The zero-order valence-electron chi connectivity index (χ0n) is 17.6. The Morgan fingerprint density at radius 2 is 1.66 bits per heavy atom. The van der Waals surface area contributed by atoms with E-state index in [1.165, 1.54) is 0 Å². The van der Waals surface area contributed by atoms with Gasteiger partial charge in [-0.25, -0.2) is 0 Å². The Labute approximate surface area is 185 Å². The van der Waals surface area contributed by atoms with Crippen LogP contribution in [0.15, 0.2) is 60.7 Å². The van der Waals surface area contributed by atoms with E-state index in [0.29, 0.717) is 53.8 Å². The molecule has 32 heavy (non-hydrogen) atoms. The van der Waals surface area contributed by atoms with Crippen molar-refractivity contribution >= 4 is 23.2 Å². The lowest BCUT2D eigenvalue weighted by Gasteiger charge is -2.19. The molecule has 2 aliphatic rings. The van der Waals surface area contributed by atoms with Crippen LogP contribution in [-0.2, 0) is 6.42 Å². The second kappa shape index (κ2) is 8.26. The summed E-state index contributed by atoms with van der Waals surface area (Å²) in [6, 6.07) is 17.8. The van der Waals surface area contributed by atoms with Crippen molar-refractivity contribution in [2.45, 2.75) is 6.42 Å². The predicted octanol–water partition coefficient (Wildman–Crippen LogP) is 3.92. The molecule has 3 aromatic carbocycles. The Bertz CT molecular complexity index is 1190. The fraction of sp³-hybridized carbons (Fsp3) is 0.200. The molecule has 0 bridgehead atoms. The van der Waals surface area contributed by atoms with E-state index in [-0.39, 0.29) is 11.8 Å². The zero-order valence-corrected chi connectivity index (χ0v) is 17.6. The minimum atomic E-state index is -0.256. The number of amides is 2. The fourth-order valence-electron chi connectivity index (χ4n) is 3.95. The molecule has 2 aliphatic heterocycles. The van der Waals surface area contributed by atoms with Gasteiger partial charge in [0.25, 0.3) is 11.8 Å². The van der Waals surface area contributed by atoms with Crippen LogP contribution in [0.4, 0.5) is 11.4 Å². The maximum atomic E-state index is 13.1. The molecule has 0 saturated carbocycles. The zero-order chi connectivity index (χ0) is 22.1. The molecule has 2 amide bonds. The van der Waals surface area contributed by atoms with E-state index >= 15 is 0 Å². The van der Waals surface area contributed by atoms with Crippen molar-refractivity contribution in [3.63, 3.8) is 0 Å². The number of nitrogens with zero attached hydrogens (tertiary/aromatic N) is 1. The second-order valence-electron chi connectivity index (χ2n) is 7.59. The number of methoxy groups -OCH3 is 1.